The first-order valence-electron chi connectivity index (χ1n) is 9.40. The number of anilines is 2. The van der Waals surface area contributed by atoms with Gasteiger partial charge in [0.05, 0.1) is 6.07 Å². The van der Waals surface area contributed by atoms with Crippen molar-refractivity contribution >= 4 is 22.3 Å². The first kappa shape index (κ1) is 18.1. The van der Waals surface area contributed by atoms with E-state index in [0.717, 1.165) is 44.6 Å². The van der Waals surface area contributed by atoms with E-state index in [9.17, 15) is 0 Å². The fraction of sp³-hybridized carbons (Fsp3) is 0.208. The molecule has 1 aliphatic carbocycles. The summed E-state index contributed by atoms with van der Waals surface area (Å²) in [7, 11) is 8.16. The third kappa shape index (κ3) is 3.01. The molecule has 2 aliphatic rings. The van der Waals surface area contributed by atoms with Gasteiger partial charge in [-0.3, -0.25) is 0 Å². The van der Waals surface area contributed by atoms with Gasteiger partial charge in [0.15, 0.2) is 0 Å². The number of rotatable bonds is 2. The minimum atomic E-state index is 0.778. The molecule has 2 aromatic rings. The highest BCUT2D eigenvalue weighted by molar-refractivity contribution is 6.03. The molecule has 0 spiro atoms. The van der Waals surface area contributed by atoms with E-state index in [1.54, 1.807) is 0 Å². The lowest BCUT2D eigenvalue weighted by Gasteiger charge is -2.19. The van der Waals surface area contributed by atoms with Gasteiger partial charge in [-0.15, -0.1) is 0 Å². The van der Waals surface area contributed by atoms with Gasteiger partial charge in [-0.2, -0.15) is 0 Å². The molecule has 0 amide bonds. The molecule has 4 nitrogen and oxygen atoms in total. The fourth-order valence-corrected chi connectivity index (χ4v) is 3.68. The van der Waals surface area contributed by atoms with Crippen LogP contribution in [-0.4, -0.2) is 28.2 Å². The van der Waals surface area contributed by atoms with Crippen LogP contribution in [0.3, 0.4) is 0 Å². The third-order valence-electron chi connectivity index (χ3n) is 5.24. The lowest BCUT2D eigenvalue weighted by Crippen LogP contribution is -2.21. The van der Waals surface area contributed by atoms with E-state index in [1.165, 1.54) is 11.1 Å². The number of hydrogen-bond acceptors (Lipinski definition) is 3. The van der Waals surface area contributed by atoms with E-state index in [4.69, 9.17) is 10.2 Å². The van der Waals surface area contributed by atoms with Crippen LogP contribution >= 0.6 is 0 Å². The van der Waals surface area contributed by atoms with Crippen molar-refractivity contribution in [2.45, 2.75) is 6.92 Å². The lowest BCUT2D eigenvalue weighted by molar-refractivity contribution is 0.617. The first-order chi connectivity index (χ1) is 13.3. The highest BCUT2D eigenvalue weighted by atomic mass is 16.3. The molecule has 0 atom stereocenters. The summed E-state index contributed by atoms with van der Waals surface area (Å²) in [4.78, 5) is 2.09. The molecule has 28 heavy (non-hydrogen) atoms. The highest BCUT2D eigenvalue weighted by Crippen LogP contribution is 2.42. The number of nitrogen functional groups attached to an aromatic ring is 1. The van der Waals surface area contributed by atoms with Crippen LogP contribution in [-0.2, 0) is 0 Å². The van der Waals surface area contributed by atoms with Crippen LogP contribution in [0.4, 0.5) is 11.4 Å². The normalized spacial score (nSPS) is 11.2. The molecule has 2 aromatic carbocycles. The molecule has 142 valence electrons. The van der Waals surface area contributed by atoms with Crippen LogP contribution < -0.4 is 20.6 Å². The van der Waals surface area contributed by atoms with Gasteiger partial charge in [0, 0.05) is 54.1 Å². The molecule has 4 heteroatoms. The Bertz CT molecular complexity index is 1230. The van der Waals surface area contributed by atoms with Gasteiger partial charge in [0.2, 0.25) is 5.36 Å². The molecule has 0 saturated carbocycles. The third-order valence-corrected chi connectivity index (χ3v) is 5.24. The van der Waals surface area contributed by atoms with Crippen LogP contribution in [0.25, 0.3) is 33.4 Å². The summed E-state index contributed by atoms with van der Waals surface area (Å²) in [6.07, 6.45) is 0. The predicted octanol–water partition coefficient (Wildman–Crippen LogP) is 4.19. The van der Waals surface area contributed by atoms with E-state index in [1.807, 2.05) is 40.3 Å². The molecule has 0 unspecified atom stereocenters. The number of benzene rings is 3. The zero-order chi connectivity index (χ0) is 20.0. The van der Waals surface area contributed by atoms with Crippen molar-refractivity contribution in [2.75, 3.05) is 38.8 Å². The highest BCUT2D eigenvalue weighted by Gasteiger charge is 2.19. The molecule has 4 rings (SSSR count). The molecule has 2 N–H and O–H groups in total. The second-order valence-corrected chi connectivity index (χ2v) is 7.70. The largest absolute Gasteiger partial charge is 0.456 e. The average Bonchev–Trinajstić information content (AvgIpc) is 2.65. The van der Waals surface area contributed by atoms with Gasteiger partial charge < -0.3 is 15.1 Å². The molecular weight excluding hydrogens is 346 g/mol. The Labute approximate surface area is 165 Å². The summed E-state index contributed by atoms with van der Waals surface area (Å²) in [5.41, 5.74) is 13.4. The molecule has 1 aliphatic heterocycles. The monoisotopic (exact) mass is 372 g/mol. The van der Waals surface area contributed by atoms with Gasteiger partial charge in [-0.25, -0.2) is 4.58 Å². The predicted molar refractivity (Wildman–Crippen MR) is 119 cm³/mol. The summed E-state index contributed by atoms with van der Waals surface area (Å²) in [5.74, 6) is 0.876. The Morgan fingerprint density at radius 2 is 1.64 bits per heavy atom. The Balaban J connectivity index is 2.17. The minimum absolute atomic E-state index is 0.778. The van der Waals surface area contributed by atoms with Crippen molar-refractivity contribution < 1.29 is 4.42 Å². The summed E-state index contributed by atoms with van der Waals surface area (Å²) < 4.78 is 8.46. The standard InChI is InChI=1S/C24H25N3O/c1-15-12-16(25)6-9-19(15)24-20-10-7-17(26(2)3)13-22(20)28-23-14-18(27(4)5)8-11-21(23)24/h6-14,25H,1-5H3/p+1. The minimum Gasteiger partial charge on any atom is -0.456 e. The van der Waals surface area contributed by atoms with E-state index in [0.29, 0.717) is 0 Å². The quantitative estimate of drug-likeness (QED) is 0.326. The van der Waals surface area contributed by atoms with Crippen molar-refractivity contribution in [1.82, 2.24) is 4.58 Å². The molecule has 0 radical (unpaired) electrons. The smallest absolute Gasteiger partial charge is 0.203 e. The van der Waals surface area contributed by atoms with Gasteiger partial charge in [-0.05, 0) is 48.4 Å². The van der Waals surface area contributed by atoms with Crippen LogP contribution in [0, 0.1) is 6.92 Å². The van der Waals surface area contributed by atoms with Crippen LogP contribution in [0.1, 0.15) is 5.56 Å². The van der Waals surface area contributed by atoms with Gasteiger partial charge in [0.1, 0.15) is 25.4 Å². The summed E-state index contributed by atoms with van der Waals surface area (Å²) >= 11 is 0. The molecule has 0 fully saturated rings. The van der Waals surface area contributed by atoms with Crippen molar-refractivity contribution in [3.63, 3.8) is 0 Å². The van der Waals surface area contributed by atoms with Crippen LogP contribution in [0.15, 0.2) is 59.0 Å². The molecule has 0 aromatic heterocycles. The maximum atomic E-state index is 6.38. The van der Waals surface area contributed by atoms with Crippen molar-refractivity contribution in [3.05, 3.63) is 65.5 Å². The number of hydrogen-bond donors (Lipinski definition) is 1. The number of nitrogens with two attached hydrogens (primary N) is 1. The summed E-state index contributed by atoms with van der Waals surface area (Å²) in [6, 6.07) is 18.9. The van der Waals surface area contributed by atoms with E-state index >= 15 is 0 Å². The number of nitrogens with zero attached hydrogens (tertiary/aromatic N) is 2. The van der Waals surface area contributed by atoms with Crippen molar-refractivity contribution in [2.24, 2.45) is 0 Å². The Kier molecular flexibility index (Phi) is 4.34. The van der Waals surface area contributed by atoms with Crippen LogP contribution in [0.5, 0.6) is 0 Å². The number of fused-ring (bicyclic) bond motifs is 2. The van der Waals surface area contributed by atoms with E-state index in [-0.39, 0.29) is 0 Å². The van der Waals surface area contributed by atoms with Gasteiger partial charge in [0.25, 0.3) is 0 Å². The van der Waals surface area contributed by atoms with E-state index < -0.39 is 0 Å². The topological polar surface area (TPSA) is 45.4 Å². The molecule has 0 saturated heterocycles. The molecule has 0 bridgehead atoms. The number of aryl methyl sites for hydroxylation is 1. The maximum absolute atomic E-state index is 6.38. The average molecular weight is 372 g/mol. The van der Waals surface area contributed by atoms with E-state index in [2.05, 4.69) is 58.9 Å². The molecular formula is C24H26N3O+. The zero-order valence-electron chi connectivity index (χ0n) is 17.1. The second-order valence-electron chi connectivity index (χ2n) is 7.70. The Morgan fingerprint density at radius 1 is 0.893 bits per heavy atom. The summed E-state index contributed by atoms with van der Waals surface area (Å²) in [6.45, 7) is 2.11. The molecule has 1 heterocycles. The second kappa shape index (κ2) is 6.71. The fourth-order valence-electron chi connectivity index (χ4n) is 3.68. The lowest BCUT2D eigenvalue weighted by atomic mass is 9.91. The first-order valence-corrected chi connectivity index (χ1v) is 9.40. The summed E-state index contributed by atoms with van der Waals surface area (Å²) in [5, 5.41) is 2.21. The SMILES string of the molecule is Cc1cc(N)ccc1-c1c2ccc(=[N+](C)C)cc-2oc2cc(N(C)C)ccc12. The van der Waals surface area contributed by atoms with Crippen LogP contribution in [0.2, 0.25) is 0 Å². The maximum Gasteiger partial charge on any atom is 0.203 e. The Morgan fingerprint density at radius 3 is 2.32 bits per heavy atom. The van der Waals surface area contributed by atoms with Crippen molar-refractivity contribution in [1.29, 1.82) is 0 Å². The van der Waals surface area contributed by atoms with Gasteiger partial charge in [-0.1, -0.05) is 6.07 Å². The van der Waals surface area contributed by atoms with Gasteiger partial charge >= 0.3 is 0 Å². The Hall–Kier alpha value is -3.27. The zero-order valence-corrected chi connectivity index (χ0v) is 17.1. The van der Waals surface area contributed by atoms with Crippen molar-refractivity contribution in [3.8, 4) is 22.5 Å².